The monoisotopic (exact) mass is 417 g/mol. The van der Waals surface area contributed by atoms with Crippen LogP contribution in [0.1, 0.15) is 55.5 Å². The normalized spacial score (nSPS) is 10.8. The summed E-state index contributed by atoms with van der Waals surface area (Å²) < 4.78 is 1.24. The molecule has 1 aromatic heterocycles. The van der Waals surface area contributed by atoms with Crippen LogP contribution >= 0.6 is 0 Å². The molecular weight excluding hydrogens is 390 g/mol. The average molecular weight is 417 g/mol. The molecule has 0 saturated carbocycles. The second-order valence-electron chi connectivity index (χ2n) is 7.02. The number of nitrogen functional groups attached to an aromatic ring is 1. The van der Waals surface area contributed by atoms with Gasteiger partial charge in [-0.3, -0.25) is 29.3 Å². The maximum absolute atomic E-state index is 13.4. The van der Waals surface area contributed by atoms with Crippen molar-refractivity contribution in [3.05, 3.63) is 60.3 Å². The number of aromatic amines is 1. The topological polar surface area (TPSA) is 144 Å². The van der Waals surface area contributed by atoms with Gasteiger partial charge in [-0.15, -0.1) is 0 Å². The van der Waals surface area contributed by atoms with Crippen LogP contribution in [0, 0.1) is 17.0 Å². The smallest absolute Gasteiger partial charge is 0.330 e. The maximum Gasteiger partial charge on any atom is 0.330 e. The number of nitrogens with zero attached hydrogens (tertiary/aromatic N) is 3. The number of unbranched alkanes of at least 4 members (excludes halogenated alkanes) is 2. The minimum absolute atomic E-state index is 0.0928. The summed E-state index contributed by atoms with van der Waals surface area (Å²) in [6.45, 7) is 5.85. The van der Waals surface area contributed by atoms with Crippen LogP contribution in [0.4, 0.5) is 17.2 Å². The molecule has 1 heterocycles. The lowest BCUT2D eigenvalue weighted by molar-refractivity contribution is -0.385. The van der Waals surface area contributed by atoms with Crippen molar-refractivity contribution in [1.82, 2.24) is 9.55 Å². The molecule has 0 aliphatic rings. The number of benzene rings is 1. The van der Waals surface area contributed by atoms with Gasteiger partial charge < -0.3 is 10.6 Å². The number of nitrogens with one attached hydrogen (secondary N) is 1. The second-order valence-corrected chi connectivity index (χ2v) is 7.02. The zero-order chi connectivity index (χ0) is 22.4. The molecular formula is C20H27N5O5. The zero-order valence-corrected chi connectivity index (χ0v) is 17.4. The van der Waals surface area contributed by atoms with Crippen molar-refractivity contribution in [2.45, 2.75) is 53.0 Å². The van der Waals surface area contributed by atoms with Gasteiger partial charge in [-0.05, 0) is 25.8 Å². The molecule has 0 spiro atoms. The van der Waals surface area contributed by atoms with Crippen LogP contribution in [0.15, 0.2) is 27.8 Å². The summed E-state index contributed by atoms with van der Waals surface area (Å²) in [5, 5.41) is 11.3. The molecule has 10 nitrogen and oxygen atoms in total. The van der Waals surface area contributed by atoms with Crippen molar-refractivity contribution in [2.75, 3.05) is 17.2 Å². The molecule has 2 rings (SSSR count). The lowest BCUT2D eigenvalue weighted by Gasteiger charge is -2.25. The molecule has 0 fully saturated rings. The lowest BCUT2D eigenvalue weighted by atomic mass is 10.0. The first-order chi connectivity index (χ1) is 14.2. The number of aromatic nitrogens is 2. The van der Waals surface area contributed by atoms with Crippen molar-refractivity contribution in [3.63, 3.8) is 0 Å². The fourth-order valence-corrected chi connectivity index (χ4v) is 3.21. The van der Waals surface area contributed by atoms with E-state index in [0.717, 1.165) is 12.8 Å². The van der Waals surface area contributed by atoms with Gasteiger partial charge in [-0.1, -0.05) is 32.8 Å². The maximum atomic E-state index is 13.4. The van der Waals surface area contributed by atoms with E-state index < -0.39 is 22.1 Å². The van der Waals surface area contributed by atoms with Crippen molar-refractivity contribution >= 4 is 23.1 Å². The van der Waals surface area contributed by atoms with Gasteiger partial charge in [0.15, 0.2) is 5.69 Å². The Bertz CT molecular complexity index is 1060. The predicted octanol–water partition coefficient (Wildman–Crippen LogP) is 2.58. The van der Waals surface area contributed by atoms with Gasteiger partial charge in [0.2, 0.25) is 0 Å². The van der Waals surface area contributed by atoms with Crippen LogP contribution in [0.2, 0.25) is 0 Å². The third-order valence-corrected chi connectivity index (χ3v) is 4.93. The number of anilines is 2. The summed E-state index contributed by atoms with van der Waals surface area (Å²) in [5.74, 6) is -0.674. The van der Waals surface area contributed by atoms with Gasteiger partial charge in [0, 0.05) is 30.3 Å². The lowest BCUT2D eigenvalue weighted by Crippen LogP contribution is -2.42. The number of hydrogen-bond donors (Lipinski definition) is 2. The zero-order valence-electron chi connectivity index (χ0n) is 17.4. The Labute approximate surface area is 173 Å². The number of rotatable bonds is 9. The average Bonchev–Trinajstić information content (AvgIpc) is 2.69. The van der Waals surface area contributed by atoms with E-state index in [-0.39, 0.29) is 34.9 Å². The number of hydrogen-bond acceptors (Lipinski definition) is 6. The first-order valence-electron chi connectivity index (χ1n) is 9.92. The number of nitro benzene ring substituents is 1. The highest BCUT2D eigenvalue weighted by Crippen LogP contribution is 2.26. The van der Waals surface area contributed by atoms with Crippen molar-refractivity contribution in [3.8, 4) is 0 Å². The summed E-state index contributed by atoms with van der Waals surface area (Å²) in [6, 6.07) is 4.21. The molecule has 0 aliphatic heterocycles. The van der Waals surface area contributed by atoms with E-state index in [2.05, 4.69) is 4.98 Å². The van der Waals surface area contributed by atoms with Gasteiger partial charge >= 0.3 is 5.69 Å². The number of nitro groups is 1. The number of H-pyrrole nitrogens is 1. The Morgan fingerprint density at radius 3 is 2.50 bits per heavy atom. The van der Waals surface area contributed by atoms with E-state index in [9.17, 15) is 24.5 Å². The first kappa shape index (κ1) is 22.9. The molecule has 3 N–H and O–H groups in total. The van der Waals surface area contributed by atoms with E-state index in [4.69, 9.17) is 5.73 Å². The Hall–Kier alpha value is -3.43. The molecule has 10 heteroatoms. The molecule has 1 aromatic carbocycles. The van der Waals surface area contributed by atoms with Crippen LogP contribution in [-0.2, 0) is 6.54 Å². The quantitative estimate of drug-likeness (QED) is 0.474. The number of amides is 1. The molecule has 0 unspecified atom stereocenters. The minimum Gasteiger partial charge on any atom is -0.383 e. The van der Waals surface area contributed by atoms with Crippen LogP contribution in [0.5, 0.6) is 0 Å². The Balaban J connectivity index is 2.66. The summed E-state index contributed by atoms with van der Waals surface area (Å²) in [5.41, 5.74) is 4.77. The van der Waals surface area contributed by atoms with Gasteiger partial charge in [0.1, 0.15) is 5.82 Å². The summed E-state index contributed by atoms with van der Waals surface area (Å²) >= 11 is 0. The van der Waals surface area contributed by atoms with E-state index in [1.807, 2.05) is 13.8 Å². The first-order valence-corrected chi connectivity index (χ1v) is 9.92. The highest BCUT2D eigenvalue weighted by molar-refractivity contribution is 6.08. The van der Waals surface area contributed by atoms with Gasteiger partial charge in [-0.2, -0.15) is 0 Å². The number of carbonyl (C=O) groups excluding carboxylic acids is 1. The van der Waals surface area contributed by atoms with Gasteiger partial charge in [0.05, 0.1) is 4.92 Å². The van der Waals surface area contributed by atoms with E-state index in [0.29, 0.717) is 19.4 Å². The third kappa shape index (κ3) is 4.58. The Morgan fingerprint density at radius 2 is 1.90 bits per heavy atom. The standard InChI is InChI=1S/C20H27N5O5/c1-4-6-11-23(19(27)14-9-8-10-15(13(14)3)25(29)30)16-17(21)24(12-7-5-2)20(28)22-18(16)26/h8-10H,4-7,11-12,21H2,1-3H3,(H,22,26,28). The summed E-state index contributed by atoms with van der Waals surface area (Å²) in [7, 11) is 0. The molecule has 1 amide bonds. The molecule has 0 atom stereocenters. The van der Waals surface area contributed by atoms with Crippen molar-refractivity contribution in [2.24, 2.45) is 0 Å². The fraction of sp³-hybridized carbons (Fsp3) is 0.450. The highest BCUT2D eigenvalue weighted by Gasteiger charge is 2.27. The SMILES string of the molecule is CCCCN(C(=O)c1cccc([N+](=O)[O-])c1C)c1c(N)n(CCCC)c(=O)[nH]c1=O. The van der Waals surface area contributed by atoms with Crippen molar-refractivity contribution in [1.29, 1.82) is 0 Å². The molecule has 0 aliphatic carbocycles. The van der Waals surface area contributed by atoms with Crippen molar-refractivity contribution < 1.29 is 9.72 Å². The number of carbonyl (C=O) groups is 1. The Morgan fingerprint density at radius 1 is 1.23 bits per heavy atom. The summed E-state index contributed by atoms with van der Waals surface area (Å²) in [6.07, 6.45) is 2.80. The van der Waals surface area contributed by atoms with E-state index in [1.54, 1.807) is 0 Å². The molecule has 0 bridgehead atoms. The largest absolute Gasteiger partial charge is 0.383 e. The van der Waals surface area contributed by atoms with Crippen LogP contribution in [0.3, 0.4) is 0 Å². The second kappa shape index (κ2) is 9.86. The van der Waals surface area contributed by atoms with Crippen LogP contribution < -0.4 is 21.9 Å². The van der Waals surface area contributed by atoms with Gasteiger partial charge in [0.25, 0.3) is 17.2 Å². The third-order valence-electron chi connectivity index (χ3n) is 4.93. The summed E-state index contributed by atoms with van der Waals surface area (Å²) in [4.78, 5) is 52.4. The minimum atomic E-state index is -0.766. The molecule has 30 heavy (non-hydrogen) atoms. The van der Waals surface area contributed by atoms with Crippen LogP contribution in [0.25, 0.3) is 0 Å². The predicted molar refractivity (Wildman–Crippen MR) is 115 cm³/mol. The fourth-order valence-electron chi connectivity index (χ4n) is 3.21. The number of nitrogens with two attached hydrogens (primary N) is 1. The molecule has 2 aromatic rings. The van der Waals surface area contributed by atoms with Gasteiger partial charge in [-0.25, -0.2) is 4.79 Å². The van der Waals surface area contributed by atoms with Crippen LogP contribution in [-0.4, -0.2) is 26.9 Å². The Kier molecular flexibility index (Phi) is 7.51. The highest BCUT2D eigenvalue weighted by atomic mass is 16.6. The van der Waals surface area contributed by atoms with E-state index in [1.165, 1.54) is 34.6 Å². The molecule has 0 radical (unpaired) electrons. The molecule has 0 saturated heterocycles. The molecule has 162 valence electrons. The van der Waals surface area contributed by atoms with E-state index >= 15 is 0 Å².